The fraction of sp³-hybridized carbons (Fsp3) is 0.391. The Kier molecular flexibility index (Phi) is 4.71. The first-order valence-electron chi connectivity index (χ1n) is 9.28. The van der Waals surface area contributed by atoms with Gasteiger partial charge in [-0.1, -0.05) is 61.5 Å². The molecule has 1 aliphatic carbocycles. The van der Waals surface area contributed by atoms with Gasteiger partial charge >= 0.3 is 0 Å². The molecule has 1 unspecified atom stereocenters. The van der Waals surface area contributed by atoms with Crippen LogP contribution in [0.15, 0.2) is 47.0 Å². The van der Waals surface area contributed by atoms with E-state index in [2.05, 4.69) is 71.5 Å². The Morgan fingerprint density at radius 1 is 1.07 bits per heavy atom. The largest absolute Gasteiger partial charge is 0.454 e. The molecule has 0 radical (unpaired) electrons. The maximum absolute atomic E-state index is 5.62. The summed E-state index contributed by atoms with van der Waals surface area (Å²) in [7, 11) is 0. The number of rotatable bonds is 2. The van der Waals surface area contributed by atoms with Gasteiger partial charge in [-0.15, -0.1) is 0 Å². The average molecular weight is 428 g/mol. The molecule has 3 atom stereocenters. The highest BCUT2D eigenvalue weighted by molar-refractivity contribution is 9.10. The van der Waals surface area contributed by atoms with Crippen molar-refractivity contribution in [3.63, 3.8) is 0 Å². The van der Waals surface area contributed by atoms with Crippen molar-refractivity contribution in [1.29, 1.82) is 0 Å². The summed E-state index contributed by atoms with van der Waals surface area (Å²) >= 11 is 3.76. The number of nitrogens with one attached hydrogen (secondary N) is 1. The van der Waals surface area contributed by atoms with Crippen LogP contribution in [0.1, 0.15) is 62.3 Å². The van der Waals surface area contributed by atoms with Crippen LogP contribution in [0, 0.1) is 5.92 Å². The van der Waals surface area contributed by atoms with Crippen LogP contribution in [0.2, 0.25) is 0 Å². The zero-order chi connectivity index (χ0) is 17.8. The first-order chi connectivity index (χ1) is 12.6. The maximum Gasteiger partial charge on any atom is 0.231 e. The fourth-order valence-electron chi connectivity index (χ4n) is 4.45. The molecule has 27 heavy (non-hydrogen) atoms. The number of hydrogen-bond donors (Lipinski definition) is 1. The Morgan fingerprint density at radius 2 is 1.85 bits per heavy atom. The molecule has 0 amide bonds. The molecule has 5 rings (SSSR count). The van der Waals surface area contributed by atoms with Crippen LogP contribution >= 0.6 is 15.9 Å². The first kappa shape index (κ1) is 18.4. The second-order valence-electron chi connectivity index (χ2n) is 7.70. The van der Waals surface area contributed by atoms with E-state index in [-0.39, 0.29) is 13.5 Å². The van der Waals surface area contributed by atoms with Crippen molar-refractivity contribution in [2.24, 2.45) is 5.92 Å². The molecular weight excluding hydrogens is 402 g/mol. The smallest absolute Gasteiger partial charge is 0.231 e. The lowest BCUT2D eigenvalue weighted by atomic mass is 9.76. The number of fused-ring (bicyclic) bond motifs is 4. The van der Waals surface area contributed by atoms with E-state index in [0.29, 0.717) is 24.5 Å². The number of ether oxygens (including phenoxy) is 2. The van der Waals surface area contributed by atoms with Gasteiger partial charge in [0.2, 0.25) is 6.79 Å². The number of halogens is 1. The number of benzene rings is 2. The highest BCUT2D eigenvalue weighted by atomic mass is 79.9. The molecule has 2 aromatic rings. The lowest BCUT2D eigenvalue weighted by Gasteiger charge is -2.38. The van der Waals surface area contributed by atoms with E-state index in [9.17, 15) is 0 Å². The van der Waals surface area contributed by atoms with Crippen molar-refractivity contribution in [1.82, 2.24) is 0 Å². The molecule has 3 aliphatic rings. The van der Waals surface area contributed by atoms with Crippen molar-refractivity contribution in [2.75, 3.05) is 12.1 Å². The topological polar surface area (TPSA) is 30.5 Å². The molecule has 0 fully saturated rings. The van der Waals surface area contributed by atoms with Crippen LogP contribution in [0.25, 0.3) is 0 Å². The Labute approximate surface area is 169 Å². The van der Waals surface area contributed by atoms with Crippen LogP contribution in [-0.4, -0.2) is 6.79 Å². The molecule has 142 valence electrons. The summed E-state index contributed by atoms with van der Waals surface area (Å²) in [6.07, 6.45) is 5.82. The van der Waals surface area contributed by atoms with Gasteiger partial charge in [0.1, 0.15) is 0 Å². The Balaban J connectivity index is 0.00000180. The summed E-state index contributed by atoms with van der Waals surface area (Å²) in [5.41, 5.74) is 5.33. The molecule has 0 saturated carbocycles. The van der Waals surface area contributed by atoms with Crippen molar-refractivity contribution < 1.29 is 9.47 Å². The SMILES string of the molecule is C.CC(C)c1ccc2c(c1)[C@@H]1C=CC[C@@H]1C(c1cc3c(cc1Br)OCO3)N2. The third-order valence-corrected chi connectivity index (χ3v) is 6.57. The van der Waals surface area contributed by atoms with E-state index in [0.717, 1.165) is 22.4 Å². The summed E-state index contributed by atoms with van der Waals surface area (Å²) in [6.45, 7) is 4.82. The summed E-state index contributed by atoms with van der Waals surface area (Å²) in [5.74, 6) is 3.19. The van der Waals surface area contributed by atoms with Crippen molar-refractivity contribution in [2.45, 2.75) is 45.6 Å². The molecule has 0 spiro atoms. The number of anilines is 1. The summed E-state index contributed by atoms with van der Waals surface area (Å²) in [6, 6.07) is 11.3. The van der Waals surface area contributed by atoms with E-state index in [1.807, 2.05) is 6.07 Å². The zero-order valence-corrected chi connectivity index (χ0v) is 16.5. The predicted molar refractivity (Wildman–Crippen MR) is 114 cm³/mol. The molecule has 0 aromatic heterocycles. The van der Waals surface area contributed by atoms with E-state index < -0.39 is 0 Å². The second-order valence-corrected chi connectivity index (χ2v) is 8.56. The Hall–Kier alpha value is -1.94. The minimum atomic E-state index is 0. The van der Waals surface area contributed by atoms with Crippen molar-refractivity contribution >= 4 is 21.6 Å². The first-order valence-corrected chi connectivity index (χ1v) is 10.1. The summed E-state index contributed by atoms with van der Waals surface area (Å²) in [4.78, 5) is 0. The molecule has 4 heteroatoms. The molecule has 1 N–H and O–H groups in total. The van der Waals surface area contributed by atoms with Crippen molar-refractivity contribution in [3.05, 3.63) is 63.6 Å². The molecule has 0 bridgehead atoms. The molecule has 2 aliphatic heterocycles. The van der Waals surface area contributed by atoms with E-state index >= 15 is 0 Å². The van der Waals surface area contributed by atoms with Crippen molar-refractivity contribution in [3.8, 4) is 11.5 Å². The Morgan fingerprint density at radius 3 is 2.63 bits per heavy atom. The van der Waals surface area contributed by atoms with Gasteiger partial charge in [-0.2, -0.15) is 0 Å². The summed E-state index contributed by atoms with van der Waals surface area (Å²) < 4.78 is 12.2. The van der Waals surface area contributed by atoms with Crippen LogP contribution in [0.5, 0.6) is 11.5 Å². The highest BCUT2D eigenvalue weighted by Gasteiger charge is 2.39. The number of allylic oxidation sites excluding steroid dienone is 2. The highest BCUT2D eigenvalue weighted by Crippen LogP contribution is 2.52. The predicted octanol–water partition coefficient (Wildman–Crippen LogP) is 6.76. The third-order valence-electron chi connectivity index (χ3n) is 5.88. The third kappa shape index (κ3) is 2.94. The van der Waals surface area contributed by atoms with Gasteiger partial charge in [-0.3, -0.25) is 0 Å². The van der Waals surface area contributed by atoms with Gasteiger partial charge in [-0.25, -0.2) is 0 Å². The lowest BCUT2D eigenvalue weighted by molar-refractivity contribution is 0.174. The van der Waals surface area contributed by atoms with Crippen LogP contribution in [-0.2, 0) is 0 Å². The van der Waals surface area contributed by atoms with Gasteiger partial charge in [0.25, 0.3) is 0 Å². The molecule has 0 saturated heterocycles. The zero-order valence-electron chi connectivity index (χ0n) is 15.0. The van der Waals surface area contributed by atoms with E-state index in [4.69, 9.17) is 9.47 Å². The second kappa shape index (κ2) is 6.90. The normalized spacial score (nSPS) is 24.2. The molecular formula is C23H26BrNO2. The lowest BCUT2D eigenvalue weighted by Crippen LogP contribution is -2.29. The van der Waals surface area contributed by atoms with Crippen LogP contribution in [0.3, 0.4) is 0 Å². The Bertz CT molecular complexity index is 905. The van der Waals surface area contributed by atoms with E-state index in [1.165, 1.54) is 22.4 Å². The average Bonchev–Trinajstić information content (AvgIpc) is 3.29. The van der Waals surface area contributed by atoms with Gasteiger partial charge in [-0.05, 0) is 53.1 Å². The minimum absolute atomic E-state index is 0. The van der Waals surface area contributed by atoms with Crippen LogP contribution < -0.4 is 14.8 Å². The quantitative estimate of drug-likeness (QED) is 0.536. The molecule has 2 heterocycles. The van der Waals surface area contributed by atoms with Gasteiger partial charge < -0.3 is 14.8 Å². The van der Waals surface area contributed by atoms with Crippen LogP contribution in [0.4, 0.5) is 5.69 Å². The minimum Gasteiger partial charge on any atom is -0.454 e. The molecule has 3 nitrogen and oxygen atoms in total. The summed E-state index contributed by atoms with van der Waals surface area (Å²) in [5, 5.41) is 3.82. The maximum atomic E-state index is 5.62. The number of hydrogen-bond acceptors (Lipinski definition) is 3. The van der Waals surface area contributed by atoms with Gasteiger partial charge in [0, 0.05) is 16.1 Å². The standard InChI is InChI=1S/C22H22BrNO2.CH4/c1-12(2)13-6-7-19-16(8-13)14-4-3-5-15(14)22(24-19)17-9-20-21(10-18(17)23)26-11-25-20;/h3-4,6-10,12,14-15,22,24H,5,11H2,1-2H3;1H4/t14-,15+,22?;/m1./s1. The van der Waals surface area contributed by atoms with E-state index in [1.54, 1.807) is 0 Å². The van der Waals surface area contributed by atoms with Gasteiger partial charge in [0.05, 0.1) is 6.04 Å². The monoisotopic (exact) mass is 427 g/mol. The van der Waals surface area contributed by atoms with Gasteiger partial charge in [0.15, 0.2) is 11.5 Å². The molecule has 2 aromatic carbocycles. The fourth-order valence-corrected chi connectivity index (χ4v) is 5.02.